The lowest BCUT2D eigenvalue weighted by atomic mass is 10.1. The highest BCUT2D eigenvalue weighted by atomic mass is 35.5. The van der Waals surface area contributed by atoms with Crippen LogP contribution in [0.15, 0.2) is 118 Å². The zero-order chi connectivity index (χ0) is 45.1. The minimum Gasteiger partial charge on any atom is -0.324 e. The van der Waals surface area contributed by atoms with Gasteiger partial charge in [-0.15, -0.1) is 23.2 Å². The summed E-state index contributed by atoms with van der Waals surface area (Å²) in [5.74, 6) is -3.24. The number of hydrogen-bond donors (Lipinski definition) is 4. The van der Waals surface area contributed by atoms with E-state index in [1.165, 1.54) is 50.2 Å². The maximum Gasteiger partial charge on any atom is 0.258 e. The number of amides is 4. The summed E-state index contributed by atoms with van der Waals surface area (Å²) >= 11 is 24.4. The molecule has 0 heterocycles. The second-order valence-corrected chi connectivity index (χ2v) is 15.3. The highest BCUT2D eigenvalue weighted by Gasteiger charge is 2.26. The fraction of sp³-hybridized carbons (Fsp3) is 0.182. The highest BCUT2D eigenvalue weighted by molar-refractivity contribution is 6.31. The van der Waals surface area contributed by atoms with Crippen molar-refractivity contribution in [2.45, 2.75) is 51.5 Å². The van der Waals surface area contributed by atoms with Crippen LogP contribution in [-0.2, 0) is 30.9 Å². The zero-order valence-electron chi connectivity index (χ0n) is 33.6. The Labute approximate surface area is 376 Å². The number of carbonyl (C=O) groups excluding carboxylic acids is 6. The number of Topliss-reactive ketones (excluding diaryl/α,β-unsaturated/α-hetero) is 2. The SMILES string of the molecule is CC(=O)C(N=Nc1cc(Cl)cc(C(=O)Nc2cccc(CCl)c2)c1)C(=O)Nc1cc(C)c(NC(=O)C(N=Nc2cc(Cl)cc(C(=O)Nc3cccc(CCl)c3)c2)C(C)=O)c(C)c1. The fourth-order valence-electron chi connectivity index (χ4n) is 5.92. The van der Waals surface area contributed by atoms with Gasteiger partial charge in [0.05, 0.1) is 11.4 Å². The van der Waals surface area contributed by atoms with Crippen LogP contribution in [0.4, 0.5) is 34.1 Å². The number of azo groups is 2. The lowest BCUT2D eigenvalue weighted by molar-refractivity contribution is -0.127. The van der Waals surface area contributed by atoms with Crippen LogP contribution in [0.3, 0.4) is 0 Å². The number of alkyl halides is 2. The molecule has 5 aromatic carbocycles. The number of aryl methyl sites for hydroxylation is 2. The van der Waals surface area contributed by atoms with Crippen molar-refractivity contribution in [3.05, 3.63) is 140 Å². The molecule has 0 saturated heterocycles. The molecular weight excluding hydrogens is 878 g/mol. The summed E-state index contributed by atoms with van der Waals surface area (Å²) < 4.78 is 0. The predicted molar refractivity (Wildman–Crippen MR) is 242 cm³/mol. The minimum atomic E-state index is -1.57. The average Bonchev–Trinajstić information content (AvgIpc) is 3.21. The van der Waals surface area contributed by atoms with Crippen LogP contribution in [0, 0.1) is 13.8 Å². The summed E-state index contributed by atoms with van der Waals surface area (Å²) in [7, 11) is 0. The van der Waals surface area contributed by atoms with Gasteiger partial charge in [-0.2, -0.15) is 20.5 Å². The number of nitrogens with one attached hydrogen (secondary N) is 4. The van der Waals surface area contributed by atoms with Crippen LogP contribution in [0.1, 0.15) is 56.8 Å². The molecule has 0 radical (unpaired) electrons. The number of benzene rings is 5. The van der Waals surface area contributed by atoms with E-state index < -0.39 is 47.3 Å². The molecule has 0 spiro atoms. The van der Waals surface area contributed by atoms with Gasteiger partial charge >= 0.3 is 0 Å². The van der Waals surface area contributed by atoms with E-state index in [9.17, 15) is 28.8 Å². The smallest absolute Gasteiger partial charge is 0.258 e. The lowest BCUT2D eigenvalue weighted by Gasteiger charge is -2.17. The third-order valence-electron chi connectivity index (χ3n) is 8.86. The molecule has 0 saturated carbocycles. The van der Waals surface area contributed by atoms with E-state index in [1.54, 1.807) is 62.4 Å². The van der Waals surface area contributed by atoms with E-state index in [1.807, 2.05) is 12.1 Å². The normalized spacial score (nSPS) is 12.1. The van der Waals surface area contributed by atoms with E-state index >= 15 is 0 Å². The molecule has 4 N–H and O–H groups in total. The van der Waals surface area contributed by atoms with E-state index in [0.717, 1.165) is 11.1 Å². The van der Waals surface area contributed by atoms with Gasteiger partial charge in [-0.1, -0.05) is 47.5 Å². The summed E-state index contributed by atoms with van der Waals surface area (Å²) in [6.07, 6.45) is 0. The Hall–Kier alpha value is -6.32. The first kappa shape index (κ1) is 46.7. The Kier molecular flexibility index (Phi) is 16.2. The van der Waals surface area contributed by atoms with Crippen molar-refractivity contribution < 1.29 is 28.8 Å². The molecule has 2 unspecified atom stereocenters. The van der Waals surface area contributed by atoms with Gasteiger partial charge in [0.25, 0.3) is 23.6 Å². The van der Waals surface area contributed by atoms with Crippen LogP contribution in [0.25, 0.3) is 0 Å². The number of rotatable bonds is 16. The molecule has 0 aromatic heterocycles. The highest BCUT2D eigenvalue weighted by Crippen LogP contribution is 2.28. The summed E-state index contributed by atoms with van der Waals surface area (Å²) in [5.41, 5.74) is 4.83. The quantitative estimate of drug-likeness (QED) is 0.0431. The van der Waals surface area contributed by atoms with Gasteiger partial charge in [-0.05, 0) is 123 Å². The third kappa shape index (κ3) is 12.8. The number of hydrogen-bond acceptors (Lipinski definition) is 10. The van der Waals surface area contributed by atoms with E-state index in [2.05, 4.69) is 41.7 Å². The number of anilines is 4. The summed E-state index contributed by atoms with van der Waals surface area (Å²) in [4.78, 5) is 78.0. The Morgan fingerprint density at radius 2 is 0.952 bits per heavy atom. The zero-order valence-corrected chi connectivity index (χ0v) is 36.6. The lowest BCUT2D eigenvalue weighted by Crippen LogP contribution is -2.33. The van der Waals surface area contributed by atoms with Crippen LogP contribution in [0.2, 0.25) is 10.0 Å². The van der Waals surface area contributed by atoms with Gasteiger partial charge in [0, 0.05) is 55.7 Å². The van der Waals surface area contributed by atoms with Crippen molar-refractivity contribution in [1.82, 2.24) is 0 Å². The van der Waals surface area contributed by atoms with Gasteiger partial charge in [0.2, 0.25) is 12.1 Å². The third-order valence-corrected chi connectivity index (χ3v) is 9.91. The average molecular weight is 917 g/mol. The first-order valence-electron chi connectivity index (χ1n) is 18.6. The van der Waals surface area contributed by atoms with Crippen LogP contribution >= 0.6 is 46.4 Å². The summed E-state index contributed by atoms with van der Waals surface area (Å²) in [6.45, 7) is 5.69. The van der Waals surface area contributed by atoms with Crippen molar-refractivity contribution in [2.24, 2.45) is 20.5 Å². The Morgan fingerprint density at radius 1 is 0.532 bits per heavy atom. The first-order chi connectivity index (χ1) is 29.5. The van der Waals surface area contributed by atoms with Crippen LogP contribution in [-0.4, -0.2) is 47.3 Å². The van der Waals surface area contributed by atoms with Gasteiger partial charge in [-0.25, -0.2) is 0 Å². The number of halogens is 4. The summed E-state index contributed by atoms with van der Waals surface area (Å²) in [6, 6.07) is 22.5. The molecule has 4 amide bonds. The monoisotopic (exact) mass is 914 g/mol. The van der Waals surface area contributed by atoms with Crippen LogP contribution in [0.5, 0.6) is 0 Å². The molecule has 0 bridgehead atoms. The number of nitrogens with zero attached hydrogens (tertiary/aromatic N) is 4. The molecule has 18 heteroatoms. The Balaban J connectivity index is 1.26. The maximum absolute atomic E-state index is 13.4. The van der Waals surface area contributed by atoms with Gasteiger partial charge in [0.1, 0.15) is 0 Å². The molecule has 5 aromatic rings. The number of ketones is 2. The topological polar surface area (TPSA) is 200 Å². The molecule has 0 aliphatic rings. The molecule has 14 nitrogen and oxygen atoms in total. The van der Waals surface area contributed by atoms with E-state index in [-0.39, 0.29) is 50.0 Å². The minimum absolute atomic E-state index is 0.122. The van der Waals surface area contributed by atoms with Gasteiger partial charge in [0.15, 0.2) is 11.6 Å². The molecular formula is C44H38Cl4N8O6. The molecule has 62 heavy (non-hydrogen) atoms. The van der Waals surface area contributed by atoms with Crippen molar-refractivity contribution in [2.75, 3.05) is 21.3 Å². The van der Waals surface area contributed by atoms with Gasteiger partial charge in [-0.3, -0.25) is 28.8 Å². The fourth-order valence-corrected chi connectivity index (χ4v) is 6.71. The van der Waals surface area contributed by atoms with Crippen molar-refractivity contribution in [1.29, 1.82) is 0 Å². The van der Waals surface area contributed by atoms with Crippen molar-refractivity contribution in [3.63, 3.8) is 0 Å². The molecule has 5 rings (SSSR count). The van der Waals surface area contributed by atoms with E-state index in [0.29, 0.717) is 28.2 Å². The number of carbonyl (C=O) groups is 6. The second kappa shape index (κ2) is 21.5. The molecule has 0 fully saturated rings. The molecule has 2 atom stereocenters. The van der Waals surface area contributed by atoms with Crippen molar-refractivity contribution >= 4 is 116 Å². The Bertz CT molecular complexity index is 2610. The molecule has 0 aliphatic carbocycles. The first-order valence-corrected chi connectivity index (χ1v) is 20.4. The second-order valence-electron chi connectivity index (χ2n) is 13.9. The molecule has 318 valence electrons. The van der Waals surface area contributed by atoms with Gasteiger partial charge < -0.3 is 21.3 Å². The Morgan fingerprint density at radius 3 is 1.35 bits per heavy atom. The largest absolute Gasteiger partial charge is 0.324 e. The standard InChI is InChI=1S/C44H38Cl4N8O6/c1-23-11-35(51-43(61)39(25(3)57)55-53-36-17-29(15-31(47)19-36)41(59)49-33-9-5-7-27(13-33)21-45)12-24(2)38(23)52-44(62)40(26(4)58)56-54-37-18-30(16-32(48)20-37)42(60)50-34-10-6-8-28(14-34)22-46/h5-20,39-40H,21-22H2,1-4H3,(H,49,59)(H,50,60)(H,51,61)(H,52,62). The van der Waals surface area contributed by atoms with Crippen LogP contribution < -0.4 is 21.3 Å². The molecule has 0 aliphatic heterocycles. The van der Waals surface area contributed by atoms with E-state index in [4.69, 9.17) is 46.4 Å². The summed E-state index contributed by atoms with van der Waals surface area (Å²) in [5, 5.41) is 27.3. The van der Waals surface area contributed by atoms with Crippen molar-refractivity contribution in [3.8, 4) is 0 Å². The predicted octanol–water partition coefficient (Wildman–Crippen LogP) is 11.0. The maximum atomic E-state index is 13.4.